The number of benzene rings is 2. The molecule has 0 radical (unpaired) electrons. The van der Waals surface area contributed by atoms with Gasteiger partial charge in [-0.1, -0.05) is 88.1 Å². The van der Waals surface area contributed by atoms with Crippen LogP contribution in [-0.4, -0.2) is 52.4 Å². The van der Waals surface area contributed by atoms with E-state index in [9.17, 15) is 0 Å². The molecule has 14 nitrogen and oxygen atoms in total. The van der Waals surface area contributed by atoms with Gasteiger partial charge in [0.15, 0.2) is 0 Å². The van der Waals surface area contributed by atoms with Gasteiger partial charge < -0.3 is 57.2 Å². The Morgan fingerprint density at radius 3 is 0.768 bits per heavy atom. The molecule has 1 aliphatic heterocycles. The molecule has 328 valence electrons. The fourth-order valence-corrected chi connectivity index (χ4v) is 5.92. The van der Waals surface area contributed by atoms with Gasteiger partial charge in [0.1, 0.15) is 0 Å². The first-order chi connectivity index (χ1) is 25.0. The Hall–Kier alpha value is -0.113. The molecule has 0 spiro atoms. The number of nitrogens with one attached hydrogen (secondary N) is 6. The molecule has 2 aromatic carbocycles. The number of halogens is 2. The molecule has 2 aromatic rings. The third-order valence-corrected chi connectivity index (χ3v) is 9.36. The third kappa shape index (κ3) is 29.2. The van der Waals surface area contributed by atoms with E-state index in [-0.39, 0.29) is 43.8 Å². The Morgan fingerprint density at radius 2 is 0.589 bits per heavy atom. The number of rotatable bonds is 0. The third-order valence-electron chi connectivity index (χ3n) is 8.31. The first-order valence-corrected chi connectivity index (χ1v) is 21.4. The van der Waals surface area contributed by atoms with Crippen molar-refractivity contribution in [2.24, 2.45) is 0 Å². The van der Waals surface area contributed by atoms with E-state index in [1.54, 1.807) is 0 Å². The van der Waals surface area contributed by atoms with Crippen molar-refractivity contribution in [1.29, 1.82) is 0 Å². The summed E-state index contributed by atoms with van der Waals surface area (Å²) < 4.78 is 67.9. The first-order valence-electron chi connectivity index (χ1n) is 18.1. The molecule has 56 heavy (non-hydrogen) atoms. The van der Waals surface area contributed by atoms with Gasteiger partial charge in [-0.05, 0) is 100.0 Å². The number of fused-ring (bicyclic) bond motifs is 4. The first kappa shape index (κ1) is 58.0. The molecular weight excluding hydrogens is 897 g/mol. The molecule has 0 atom stereocenters. The molecule has 0 fully saturated rings. The average Bonchev–Trinajstić information content (AvgIpc) is 3.01. The van der Waals surface area contributed by atoms with Crippen molar-refractivity contribution in [2.75, 3.05) is 52.4 Å². The molecule has 0 aliphatic carbocycles. The summed E-state index contributed by atoms with van der Waals surface area (Å²) in [4.78, 5) is 2.01. The van der Waals surface area contributed by atoms with Gasteiger partial charge in [0.05, 0.1) is 0 Å². The van der Waals surface area contributed by atoms with Gasteiger partial charge in [-0.3, -0.25) is 0 Å². The van der Waals surface area contributed by atoms with Crippen LogP contribution >= 0.6 is 0 Å². The van der Waals surface area contributed by atoms with E-state index in [0.717, 1.165) is 114 Å². The zero-order valence-electron chi connectivity index (χ0n) is 33.1. The fourth-order valence-electron chi connectivity index (χ4n) is 5.40. The molecule has 0 unspecified atom stereocenters. The molecule has 0 saturated heterocycles. The second-order valence-corrected chi connectivity index (χ2v) is 17.5. The maximum Gasteiger partial charge on any atom is 2.00 e. The molecule has 4 bridgehead atoms. The monoisotopic (exact) mass is 954 g/mol. The summed E-state index contributed by atoms with van der Waals surface area (Å²) in [6, 6.07) is 9.27. The van der Waals surface area contributed by atoms with Crippen molar-refractivity contribution in [3.8, 4) is 0 Å². The largest absolute Gasteiger partial charge is 2.00 e. The molecule has 3 rings (SSSR count). The van der Waals surface area contributed by atoms with Crippen molar-refractivity contribution in [1.82, 2.24) is 31.9 Å². The number of hydrogen-bond acceptors (Lipinski definition) is 16. The maximum absolute atomic E-state index is 8.49. The zero-order chi connectivity index (χ0) is 41.0. The van der Waals surface area contributed by atoms with E-state index >= 15 is 0 Å². The molecule has 0 amide bonds. The Balaban J connectivity index is 0. The van der Waals surface area contributed by atoms with Crippen molar-refractivity contribution >= 4 is 25.3 Å². The predicted molar refractivity (Wildman–Crippen MR) is 193 cm³/mol. The van der Waals surface area contributed by atoms with Gasteiger partial charge in [0.2, 0.25) is 0 Å². The number of hydrogen-bond donors (Lipinski definition) is 6. The average molecular weight is 957 g/mol. The van der Waals surface area contributed by atoms with Gasteiger partial charge in [-0.25, -0.2) is 37.3 Å². The molecule has 0 aromatic heterocycles. The summed E-state index contributed by atoms with van der Waals surface area (Å²) in [7, 11) is -9.89. The second kappa shape index (κ2) is 29.2. The van der Waals surface area contributed by atoms with Gasteiger partial charge in [-0.2, -0.15) is 9.79 Å². The van der Waals surface area contributed by atoms with E-state index in [1.807, 2.05) is 0 Å². The summed E-state index contributed by atoms with van der Waals surface area (Å²) in [5, 5.41) is 21.8. The van der Waals surface area contributed by atoms with E-state index in [2.05, 4.69) is 97.7 Å². The normalized spacial score (nSPS) is 16.8. The Morgan fingerprint density at radius 1 is 0.411 bits per heavy atom. The van der Waals surface area contributed by atoms with Crippen molar-refractivity contribution in [3.05, 3.63) is 57.6 Å². The predicted octanol–water partition coefficient (Wildman–Crippen LogP) is -4.61. The van der Waals surface area contributed by atoms with Gasteiger partial charge >= 0.3 is 33.0 Å². The summed E-state index contributed by atoms with van der Waals surface area (Å²) in [5.74, 6) is 0. The summed E-state index contributed by atoms with van der Waals surface area (Å²) in [6.45, 7) is 24.9. The molecule has 20 heteroatoms. The van der Waals surface area contributed by atoms with Crippen molar-refractivity contribution < 1.29 is 90.7 Å². The van der Waals surface area contributed by atoms with Crippen molar-refractivity contribution in [2.45, 2.75) is 114 Å². The minimum Gasteiger partial charge on any atom is -0.779 e. The molecule has 1 heterocycles. The van der Waals surface area contributed by atoms with Gasteiger partial charge in [0.25, 0.3) is 0 Å². The smallest absolute Gasteiger partial charge is 0.779 e. The van der Waals surface area contributed by atoms with E-state index in [4.69, 9.17) is 62.5 Å². The fraction of sp³-hybridized carbons (Fsp3) is 0.667. The Bertz CT molecular complexity index is 1190. The molecule has 1 aliphatic rings. The van der Waals surface area contributed by atoms with Crippen LogP contribution in [0.5, 0.6) is 0 Å². The second-order valence-electron chi connectivity index (χ2n) is 15.1. The molecule has 0 saturated carbocycles. The van der Waals surface area contributed by atoms with Crippen LogP contribution in [0.25, 0.3) is 0 Å². The minimum absolute atomic E-state index is 0. The van der Waals surface area contributed by atoms with Gasteiger partial charge in [-0.15, -0.1) is 20.5 Å². The van der Waals surface area contributed by atoms with Gasteiger partial charge in [0, 0.05) is 26.2 Å². The molecule has 6 N–H and O–H groups in total. The van der Waals surface area contributed by atoms with Crippen LogP contribution in [-0.2, 0) is 95.2 Å². The van der Waals surface area contributed by atoms with Crippen LogP contribution in [0, 0.1) is 20.5 Å². The Kier molecular flexibility index (Phi) is 30.2. The molecular formula is C36H60Cl2N6Ni2O8S2. The standard InChI is InChI=1S/C36H62N6S2.2ClHO4.2Ni/c1-35(2,3)31-19-27-23-39-15-7-11-37-13-9-17-41-25-29-21-32(36(4,5)6)22-30(34(29)44)26-42-18-10-14-38-12-8-16-40-24-28(20-31)33(27)43;2*2-1(3,4)5;;/h19-22,37-44H,7-18,23-26H2,1-6H3;2*(H,2,3,4,5);;/q;;;2*+2/p-4. The zero-order valence-corrected chi connectivity index (χ0v) is 38.2. The summed E-state index contributed by atoms with van der Waals surface area (Å²) in [6.07, 6.45) is 4.38. The van der Waals surface area contributed by atoms with E-state index in [0.29, 0.717) is 0 Å². The summed E-state index contributed by atoms with van der Waals surface area (Å²) >= 11 is 11.9. The maximum atomic E-state index is 8.49. The van der Waals surface area contributed by atoms with Crippen molar-refractivity contribution in [3.63, 3.8) is 0 Å². The van der Waals surface area contributed by atoms with Crippen LogP contribution < -0.4 is 69.2 Å². The quantitative estimate of drug-likeness (QED) is 0.107. The SMILES string of the molecule is CC(C)(C)c1cc2c([S-])c(c1)CNCCCNCCCNCc1cc(C(C)(C)C)cc(c1[S-])CNCCCNCCCNC2.[Ni+2].[Ni+2].[O-][Cl+3]([O-])([O-])[O-].[O-][Cl+3]([O-])([O-])[O-]. The van der Waals surface area contributed by atoms with E-state index in [1.165, 1.54) is 33.4 Å². The topological polar surface area (TPSA) is 257 Å². The van der Waals surface area contributed by atoms with Crippen LogP contribution in [0.2, 0.25) is 0 Å². The summed E-state index contributed by atoms with van der Waals surface area (Å²) in [5.41, 5.74) is 7.88. The van der Waals surface area contributed by atoms with Crippen LogP contribution in [0.1, 0.15) is 101 Å². The van der Waals surface area contributed by atoms with Crippen LogP contribution in [0.15, 0.2) is 34.1 Å². The van der Waals surface area contributed by atoms with E-state index < -0.39 is 20.5 Å². The minimum atomic E-state index is -4.94. The Labute approximate surface area is 369 Å². The van der Waals surface area contributed by atoms with Crippen LogP contribution in [0.4, 0.5) is 0 Å². The van der Waals surface area contributed by atoms with Crippen LogP contribution in [0.3, 0.4) is 0 Å².